The van der Waals surface area contributed by atoms with Crippen molar-refractivity contribution in [2.45, 2.75) is 53.0 Å². The third-order valence-electron chi connectivity index (χ3n) is 1.70. The van der Waals surface area contributed by atoms with Crippen molar-refractivity contribution in [1.29, 1.82) is 0 Å². The molecular weight excluding hydrogens is 190 g/mol. The second-order valence-electron chi connectivity index (χ2n) is 3.28. The van der Waals surface area contributed by atoms with Crippen LogP contribution in [0.25, 0.3) is 0 Å². The molecule has 0 radical (unpaired) electrons. The number of hydrogen-bond donors (Lipinski definition) is 1. The summed E-state index contributed by atoms with van der Waals surface area (Å²) in [6, 6.07) is 0. The quantitative estimate of drug-likeness (QED) is 0.496. The lowest BCUT2D eigenvalue weighted by atomic mass is 10.5. The normalized spacial score (nSPS) is 15.7. The Bertz CT molecular complexity index is 170. The Balaban J connectivity index is 3.61. The van der Waals surface area contributed by atoms with E-state index in [0.29, 0.717) is 0 Å². The smallest absolute Gasteiger partial charge is 0.149 e. The van der Waals surface area contributed by atoms with Crippen LogP contribution < -0.4 is 5.32 Å². The zero-order valence-electron chi connectivity index (χ0n) is 10.2. The summed E-state index contributed by atoms with van der Waals surface area (Å²) in [6.07, 6.45) is 9.26. The van der Waals surface area contributed by atoms with Crippen LogP contribution in [0.5, 0.6) is 0 Å². The summed E-state index contributed by atoms with van der Waals surface area (Å²) in [6.45, 7) is 8.03. The largest absolute Gasteiger partial charge is 0.483 e. The molecule has 0 aromatic rings. The number of ether oxygens (including phenoxy) is 2. The lowest BCUT2D eigenvalue weighted by Gasteiger charge is -2.18. The Morgan fingerprint density at radius 2 is 1.33 bits per heavy atom. The molecule has 0 saturated carbocycles. The van der Waals surface area contributed by atoms with Gasteiger partial charge in [0, 0.05) is 0 Å². The monoisotopic (exact) mass is 213 g/mol. The molecule has 0 bridgehead atoms. The molecule has 88 valence electrons. The maximum atomic E-state index is 5.36. The van der Waals surface area contributed by atoms with E-state index in [0.717, 1.165) is 12.8 Å². The molecule has 3 nitrogen and oxygen atoms in total. The van der Waals surface area contributed by atoms with Gasteiger partial charge in [-0.3, -0.25) is 0 Å². The minimum Gasteiger partial charge on any atom is -0.483 e. The molecule has 2 unspecified atom stereocenters. The lowest BCUT2D eigenvalue weighted by molar-refractivity contribution is 0.0414. The summed E-state index contributed by atoms with van der Waals surface area (Å²) in [7, 11) is 0. The zero-order valence-corrected chi connectivity index (χ0v) is 10.2. The van der Waals surface area contributed by atoms with E-state index in [1.807, 2.05) is 26.0 Å². The van der Waals surface area contributed by atoms with Crippen molar-refractivity contribution in [3.05, 3.63) is 24.7 Å². The van der Waals surface area contributed by atoms with Crippen LogP contribution in [0.1, 0.15) is 40.5 Å². The summed E-state index contributed by atoms with van der Waals surface area (Å²) in [5.74, 6) is 0. The van der Waals surface area contributed by atoms with E-state index in [2.05, 4.69) is 19.2 Å². The minimum absolute atomic E-state index is 0.0437. The SMILES string of the molecule is CCC=COC(C)NC(C)OC=CCC. The van der Waals surface area contributed by atoms with E-state index < -0.39 is 0 Å². The first-order chi connectivity index (χ1) is 7.20. The molecule has 0 aliphatic carbocycles. The predicted octanol–water partition coefficient (Wildman–Crippen LogP) is 3.15. The van der Waals surface area contributed by atoms with Gasteiger partial charge >= 0.3 is 0 Å². The van der Waals surface area contributed by atoms with Gasteiger partial charge in [0.25, 0.3) is 0 Å². The van der Waals surface area contributed by atoms with Crippen LogP contribution in [0, 0.1) is 0 Å². The van der Waals surface area contributed by atoms with Crippen molar-refractivity contribution in [3.63, 3.8) is 0 Å². The van der Waals surface area contributed by atoms with Crippen molar-refractivity contribution < 1.29 is 9.47 Å². The number of rotatable bonds is 8. The molecule has 15 heavy (non-hydrogen) atoms. The molecule has 3 heteroatoms. The Labute approximate surface area is 93.2 Å². The molecule has 0 aromatic heterocycles. The van der Waals surface area contributed by atoms with Crippen LogP contribution in [0.15, 0.2) is 24.7 Å². The Hall–Kier alpha value is -0.960. The fraction of sp³-hybridized carbons (Fsp3) is 0.667. The van der Waals surface area contributed by atoms with Crippen LogP contribution in [-0.2, 0) is 9.47 Å². The highest BCUT2D eigenvalue weighted by molar-refractivity contribution is 4.73. The number of hydrogen-bond acceptors (Lipinski definition) is 3. The molecule has 0 spiro atoms. The van der Waals surface area contributed by atoms with Gasteiger partial charge in [-0.15, -0.1) is 0 Å². The molecule has 0 heterocycles. The fourth-order valence-electron chi connectivity index (χ4n) is 0.948. The summed E-state index contributed by atoms with van der Waals surface area (Å²) in [5, 5.41) is 3.15. The Morgan fingerprint density at radius 3 is 1.67 bits per heavy atom. The van der Waals surface area contributed by atoms with E-state index in [-0.39, 0.29) is 12.5 Å². The van der Waals surface area contributed by atoms with Gasteiger partial charge in [-0.05, 0) is 26.7 Å². The maximum Gasteiger partial charge on any atom is 0.149 e. The van der Waals surface area contributed by atoms with Crippen molar-refractivity contribution in [1.82, 2.24) is 5.32 Å². The number of allylic oxidation sites excluding steroid dienone is 2. The highest BCUT2D eigenvalue weighted by Gasteiger charge is 2.04. The lowest BCUT2D eigenvalue weighted by Crippen LogP contribution is -2.36. The van der Waals surface area contributed by atoms with Crippen LogP contribution in [0.4, 0.5) is 0 Å². The highest BCUT2D eigenvalue weighted by atomic mass is 16.5. The molecule has 0 amide bonds. The van der Waals surface area contributed by atoms with Crippen LogP contribution in [0.3, 0.4) is 0 Å². The molecular formula is C12H23NO2. The van der Waals surface area contributed by atoms with E-state index in [9.17, 15) is 0 Å². The summed E-state index contributed by atoms with van der Waals surface area (Å²) < 4.78 is 10.7. The number of nitrogens with one attached hydrogen (secondary N) is 1. The molecule has 0 rings (SSSR count). The minimum atomic E-state index is -0.0437. The predicted molar refractivity (Wildman–Crippen MR) is 63.1 cm³/mol. The summed E-state index contributed by atoms with van der Waals surface area (Å²) in [5.41, 5.74) is 0. The molecule has 0 saturated heterocycles. The summed E-state index contributed by atoms with van der Waals surface area (Å²) in [4.78, 5) is 0. The topological polar surface area (TPSA) is 30.5 Å². The van der Waals surface area contributed by atoms with Crippen molar-refractivity contribution >= 4 is 0 Å². The third kappa shape index (κ3) is 9.35. The van der Waals surface area contributed by atoms with E-state index in [1.54, 1.807) is 12.5 Å². The van der Waals surface area contributed by atoms with Crippen LogP contribution in [0.2, 0.25) is 0 Å². The van der Waals surface area contributed by atoms with Crippen molar-refractivity contribution in [3.8, 4) is 0 Å². The molecule has 1 N–H and O–H groups in total. The van der Waals surface area contributed by atoms with E-state index in [1.165, 1.54) is 0 Å². The molecule has 0 aliphatic rings. The van der Waals surface area contributed by atoms with Crippen molar-refractivity contribution in [2.75, 3.05) is 0 Å². The fourth-order valence-corrected chi connectivity index (χ4v) is 0.948. The first kappa shape index (κ1) is 14.0. The van der Waals surface area contributed by atoms with Gasteiger partial charge in [0.2, 0.25) is 0 Å². The van der Waals surface area contributed by atoms with E-state index >= 15 is 0 Å². The molecule has 0 aromatic carbocycles. The second kappa shape index (κ2) is 9.59. The Morgan fingerprint density at radius 1 is 0.933 bits per heavy atom. The first-order valence-corrected chi connectivity index (χ1v) is 5.57. The van der Waals surface area contributed by atoms with Crippen molar-refractivity contribution in [2.24, 2.45) is 0 Å². The average molecular weight is 213 g/mol. The van der Waals surface area contributed by atoms with Gasteiger partial charge in [0.05, 0.1) is 12.5 Å². The third-order valence-corrected chi connectivity index (χ3v) is 1.70. The standard InChI is InChI=1S/C12H23NO2/c1-5-7-9-14-11(3)13-12(4)15-10-8-6-2/h7-13H,5-6H2,1-4H3. The van der Waals surface area contributed by atoms with E-state index in [4.69, 9.17) is 9.47 Å². The van der Waals surface area contributed by atoms with Gasteiger partial charge < -0.3 is 9.47 Å². The highest BCUT2D eigenvalue weighted by Crippen LogP contribution is 1.94. The van der Waals surface area contributed by atoms with Gasteiger partial charge in [-0.1, -0.05) is 26.0 Å². The molecule has 2 atom stereocenters. The van der Waals surface area contributed by atoms with Crippen LogP contribution in [-0.4, -0.2) is 12.5 Å². The summed E-state index contributed by atoms with van der Waals surface area (Å²) >= 11 is 0. The van der Waals surface area contributed by atoms with Crippen LogP contribution >= 0.6 is 0 Å². The van der Waals surface area contributed by atoms with Gasteiger partial charge in [0.1, 0.15) is 12.5 Å². The van der Waals surface area contributed by atoms with Gasteiger partial charge in [-0.25, -0.2) is 5.32 Å². The zero-order chi connectivity index (χ0) is 11.5. The Kier molecular flexibility index (Phi) is 8.98. The molecule has 0 aliphatic heterocycles. The van der Waals surface area contributed by atoms with Gasteiger partial charge in [0.15, 0.2) is 0 Å². The maximum absolute atomic E-state index is 5.36. The second-order valence-corrected chi connectivity index (χ2v) is 3.28. The molecule has 0 fully saturated rings. The average Bonchev–Trinajstić information content (AvgIpc) is 2.18. The van der Waals surface area contributed by atoms with Gasteiger partial charge in [-0.2, -0.15) is 0 Å². The first-order valence-electron chi connectivity index (χ1n) is 5.57.